The maximum Gasteiger partial charge on any atom is 0.329 e. The van der Waals surface area contributed by atoms with E-state index in [9.17, 15) is 9.59 Å². The maximum atomic E-state index is 12.4. The second-order valence-corrected chi connectivity index (χ2v) is 5.96. The molecule has 1 N–H and O–H groups in total. The fourth-order valence-electron chi connectivity index (χ4n) is 2.16. The Morgan fingerprint density at radius 1 is 1.14 bits per heavy atom. The van der Waals surface area contributed by atoms with Gasteiger partial charge >= 0.3 is 5.69 Å². The summed E-state index contributed by atoms with van der Waals surface area (Å²) < 4.78 is 1.19. The van der Waals surface area contributed by atoms with Crippen LogP contribution in [0.3, 0.4) is 0 Å². The van der Waals surface area contributed by atoms with Crippen molar-refractivity contribution in [3.63, 3.8) is 0 Å². The predicted molar refractivity (Wildman–Crippen MR) is 85.6 cm³/mol. The second-order valence-electron chi connectivity index (χ2n) is 5.15. The summed E-state index contributed by atoms with van der Waals surface area (Å²) >= 11 is 11.8. The van der Waals surface area contributed by atoms with Gasteiger partial charge in [0.15, 0.2) is 0 Å². The van der Waals surface area contributed by atoms with E-state index in [1.165, 1.54) is 4.57 Å². The van der Waals surface area contributed by atoms with Gasteiger partial charge in [-0.3, -0.25) is 14.3 Å². The van der Waals surface area contributed by atoms with Gasteiger partial charge in [-0.15, -0.1) is 0 Å². The molecule has 0 spiro atoms. The van der Waals surface area contributed by atoms with Crippen molar-refractivity contribution in [3.05, 3.63) is 66.4 Å². The number of hydrogen-bond acceptors (Lipinski definition) is 2. The molecule has 0 amide bonds. The number of rotatable bonds is 4. The van der Waals surface area contributed by atoms with Gasteiger partial charge in [0, 0.05) is 11.6 Å². The first-order valence-electron chi connectivity index (χ1n) is 6.67. The molecule has 0 aliphatic carbocycles. The molecular weight excluding hydrogens is 311 g/mol. The van der Waals surface area contributed by atoms with Crippen molar-refractivity contribution in [2.24, 2.45) is 0 Å². The first kappa shape index (κ1) is 15.9. The number of aromatic nitrogens is 2. The molecule has 1 heterocycles. The van der Waals surface area contributed by atoms with Gasteiger partial charge in [0.1, 0.15) is 5.15 Å². The van der Waals surface area contributed by atoms with Crippen LogP contribution in [-0.2, 0) is 13.0 Å². The largest absolute Gasteiger partial charge is 0.329 e. The third-order valence-corrected chi connectivity index (χ3v) is 3.84. The molecule has 0 aliphatic rings. The first-order chi connectivity index (χ1) is 9.90. The van der Waals surface area contributed by atoms with Gasteiger partial charge in [-0.1, -0.05) is 49.2 Å². The van der Waals surface area contributed by atoms with Crippen LogP contribution in [0.5, 0.6) is 0 Å². The van der Waals surface area contributed by atoms with Gasteiger partial charge in [-0.2, -0.15) is 0 Å². The van der Waals surface area contributed by atoms with Gasteiger partial charge in [0.2, 0.25) is 0 Å². The highest BCUT2D eigenvalue weighted by molar-refractivity contribution is 6.30. The van der Waals surface area contributed by atoms with E-state index in [1.54, 1.807) is 12.1 Å². The molecule has 4 nitrogen and oxygen atoms in total. The van der Waals surface area contributed by atoms with Gasteiger partial charge < -0.3 is 0 Å². The lowest BCUT2D eigenvalue weighted by molar-refractivity contribution is 0.611. The van der Waals surface area contributed by atoms with E-state index in [1.807, 2.05) is 26.0 Å². The minimum atomic E-state index is -0.483. The fourth-order valence-corrected chi connectivity index (χ4v) is 2.66. The molecule has 0 fully saturated rings. The second kappa shape index (κ2) is 6.50. The number of hydrogen-bond donors (Lipinski definition) is 1. The normalized spacial score (nSPS) is 11.1. The Balaban J connectivity index is 2.32. The van der Waals surface area contributed by atoms with E-state index in [4.69, 9.17) is 23.2 Å². The Hall–Kier alpha value is -1.52. The van der Waals surface area contributed by atoms with Crippen LogP contribution in [0.15, 0.2) is 33.9 Å². The summed E-state index contributed by atoms with van der Waals surface area (Å²) in [7, 11) is 0. The number of benzene rings is 1. The Bertz CT molecular complexity index is 746. The molecule has 1 aromatic carbocycles. The molecular formula is C15H16Cl2N2O2. The molecule has 0 unspecified atom stereocenters. The highest BCUT2D eigenvalue weighted by atomic mass is 35.5. The van der Waals surface area contributed by atoms with E-state index in [0.29, 0.717) is 23.6 Å². The van der Waals surface area contributed by atoms with E-state index in [0.717, 1.165) is 5.56 Å². The Kier molecular flexibility index (Phi) is 4.91. The van der Waals surface area contributed by atoms with Crippen LogP contribution in [0.2, 0.25) is 10.2 Å². The van der Waals surface area contributed by atoms with Crippen LogP contribution in [0, 0.1) is 0 Å². The number of halogens is 2. The summed E-state index contributed by atoms with van der Waals surface area (Å²) in [6.07, 6.45) is 0.569. The van der Waals surface area contributed by atoms with E-state index < -0.39 is 5.69 Å². The van der Waals surface area contributed by atoms with Crippen LogP contribution >= 0.6 is 23.2 Å². The van der Waals surface area contributed by atoms with Crippen LogP contribution in [0.4, 0.5) is 0 Å². The predicted octanol–water partition coefficient (Wildman–Crippen LogP) is 3.21. The molecule has 0 atom stereocenters. The molecule has 0 saturated heterocycles. The maximum absolute atomic E-state index is 12.4. The number of aromatic amines is 1. The van der Waals surface area contributed by atoms with Crippen LogP contribution in [0.25, 0.3) is 0 Å². The molecule has 0 saturated carbocycles. The van der Waals surface area contributed by atoms with Crippen LogP contribution in [-0.4, -0.2) is 9.55 Å². The van der Waals surface area contributed by atoms with E-state index in [-0.39, 0.29) is 16.6 Å². The van der Waals surface area contributed by atoms with Crippen molar-refractivity contribution in [2.45, 2.75) is 32.7 Å². The highest BCUT2D eigenvalue weighted by Gasteiger charge is 2.15. The van der Waals surface area contributed by atoms with E-state index >= 15 is 0 Å². The number of aryl methyl sites for hydroxylation is 1. The zero-order valence-corrected chi connectivity index (χ0v) is 13.3. The smallest absolute Gasteiger partial charge is 0.297 e. The summed E-state index contributed by atoms with van der Waals surface area (Å²) in [5.74, 6) is -0.0522. The molecule has 0 aliphatic heterocycles. The Labute approximate surface area is 132 Å². The third kappa shape index (κ3) is 3.57. The minimum absolute atomic E-state index is 0.0522. The van der Waals surface area contributed by atoms with Crippen molar-refractivity contribution in [3.8, 4) is 0 Å². The molecule has 1 aromatic heterocycles. The lowest BCUT2D eigenvalue weighted by Gasteiger charge is -2.11. The molecule has 2 rings (SSSR count). The van der Waals surface area contributed by atoms with E-state index in [2.05, 4.69) is 4.98 Å². The topological polar surface area (TPSA) is 54.9 Å². The summed E-state index contributed by atoms with van der Waals surface area (Å²) in [4.78, 5) is 26.8. The molecule has 6 heteroatoms. The van der Waals surface area contributed by atoms with Gasteiger partial charge in [0.25, 0.3) is 5.56 Å². The van der Waals surface area contributed by atoms with Crippen LogP contribution in [0.1, 0.15) is 30.9 Å². The number of H-pyrrole nitrogens is 1. The fraction of sp³-hybridized carbons (Fsp3) is 0.333. The monoisotopic (exact) mass is 326 g/mol. The molecule has 0 radical (unpaired) electrons. The average molecular weight is 327 g/mol. The van der Waals surface area contributed by atoms with Crippen LogP contribution < -0.4 is 11.2 Å². The average Bonchev–Trinajstić information content (AvgIpc) is 2.39. The zero-order valence-electron chi connectivity index (χ0n) is 11.8. The third-order valence-electron chi connectivity index (χ3n) is 3.29. The van der Waals surface area contributed by atoms with Crippen molar-refractivity contribution in [1.29, 1.82) is 0 Å². The SMILES string of the molecule is CC(C)c1c(Cl)[nH]c(=O)n(CCc2ccc(Cl)cc2)c1=O. The standard InChI is InChI=1S/C15H16Cl2N2O2/c1-9(2)12-13(17)18-15(21)19(14(12)20)8-7-10-3-5-11(16)6-4-10/h3-6,9H,7-8H2,1-2H3,(H,18,21). The quantitative estimate of drug-likeness (QED) is 0.877. The lowest BCUT2D eigenvalue weighted by atomic mass is 10.1. The van der Waals surface area contributed by atoms with Crippen molar-refractivity contribution >= 4 is 23.2 Å². The minimum Gasteiger partial charge on any atom is -0.297 e. The Morgan fingerprint density at radius 2 is 1.76 bits per heavy atom. The summed E-state index contributed by atoms with van der Waals surface area (Å²) in [5.41, 5.74) is 0.634. The number of nitrogens with zero attached hydrogens (tertiary/aromatic N) is 1. The number of nitrogens with one attached hydrogen (secondary N) is 1. The molecule has 21 heavy (non-hydrogen) atoms. The zero-order chi connectivity index (χ0) is 15.6. The molecule has 0 bridgehead atoms. The van der Waals surface area contributed by atoms with Crippen molar-refractivity contribution in [2.75, 3.05) is 0 Å². The Morgan fingerprint density at radius 3 is 2.33 bits per heavy atom. The highest BCUT2D eigenvalue weighted by Crippen LogP contribution is 2.16. The van der Waals surface area contributed by atoms with Crippen molar-refractivity contribution < 1.29 is 0 Å². The van der Waals surface area contributed by atoms with Gasteiger partial charge in [-0.05, 0) is 30.0 Å². The molecule has 112 valence electrons. The van der Waals surface area contributed by atoms with Gasteiger partial charge in [-0.25, -0.2) is 4.79 Å². The summed E-state index contributed by atoms with van der Waals surface area (Å²) in [5, 5.41) is 0.782. The first-order valence-corrected chi connectivity index (χ1v) is 7.42. The lowest BCUT2D eigenvalue weighted by Crippen LogP contribution is -2.38. The van der Waals surface area contributed by atoms with Crippen molar-refractivity contribution in [1.82, 2.24) is 9.55 Å². The summed E-state index contributed by atoms with van der Waals surface area (Å²) in [6, 6.07) is 7.32. The van der Waals surface area contributed by atoms with Gasteiger partial charge in [0.05, 0.1) is 5.56 Å². The summed E-state index contributed by atoms with van der Waals surface area (Å²) in [6.45, 7) is 4.03. The molecule has 2 aromatic rings.